The zero-order chi connectivity index (χ0) is 14.0. The summed E-state index contributed by atoms with van der Waals surface area (Å²) in [6.07, 6.45) is 5.61. The van der Waals surface area contributed by atoms with Gasteiger partial charge in [-0.1, -0.05) is 42.5 Å². The van der Waals surface area contributed by atoms with Crippen LogP contribution in [0.15, 0.2) is 36.4 Å². The van der Waals surface area contributed by atoms with E-state index in [4.69, 9.17) is 9.47 Å². The van der Waals surface area contributed by atoms with Crippen LogP contribution in [0.5, 0.6) is 0 Å². The Kier molecular flexibility index (Phi) is 6.78. The fourth-order valence-corrected chi connectivity index (χ4v) is 2.47. The molecule has 0 aliphatic carbocycles. The lowest BCUT2D eigenvalue weighted by Gasteiger charge is -2.23. The average molecular weight is 275 g/mol. The van der Waals surface area contributed by atoms with Gasteiger partial charge in [0.15, 0.2) is 0 Å². The summed E-state index contributed by atoms with van der Waals surface area (Å²) >= 11 is 0. The van der Waals surface area contributed by atoms with Crippen molar-refractivity contribution < 1.29 is 9.47 Å². The van der Waals surface area contributed by atoms with Crippen LogP contribution in [0.2, 0.25) is 0 Å². The Labute approximate surface area is 122 Å². The summed E-state index contributed by atoms with van der Waals surface area (Å²) in [5.74, 6) is 0.678. The maximum Gasteiger partial charge on any atom is 0.0589 e. The molecule has 0 aromatic heterocycles. The summed E-state index contributed by atoms with van der Waals surface area (Å²) in [5, 5.41) is 0. The minimum atomic E-state index is 0.678. The Morgan fingerprint density at radius 2 is 2.20 bits per heavy atom. The van der Waals surface area contributed by atoms with Crippen LogP contribution in [-0.2, 0) is 9.47 Å². The molecule has 20 heavy (non-hydrogen) atoms. The Bertz CT molecular complexity index is 385. The summed E-state index contributed by atoms with van der Waals surface area (Å²) in [6, 6.07) is 10.4. The van der Waals surface area contributed by atoms with Gasteiger partial charge in [-0.2, -0.15) is 0 Å². The zero-order valence-corrected chi connectivity index (χ0v) is 12.3. The van der Waals surface area contributed by atoms with Gasteiger partial charge in [-0.3, -0.25) is 4.90 Å². The third-order valence-electron chi connectivity index (χ3n) is 3.63. The van der Waals surface area contributed by atoms with E-state index in [1.165, 1.54) is 12.0 Å². The fourth-order valence-electron chi connectivity index (χ4n) is 2.47. The van der Waals surface area contributed by atoms with Crippen LogP contribution in [0, 0.1) is 5.92 Å². The second kappa shape index (κ2) is 8.90. The highest BCUT2D eigenvalue weighted by Crippen LogP contribution is 2.14. The van der Waals surface area contributed by atoms with Crippen molar-refractivity contribution in [3.63, 3.8) is 0 Å². The summed E-state index contributed by atoms with van der Waals surface area (Å²) in [7, 11) is 1.76. The van der Waals surface area contributed by atoms with E-state index in [9.17, 15) is 0 Å². The van der Waals surface area contributed by atoms with Crippen molar-refractivity contribution in [3.05, 3.63) is 42.0 Å². The molecule has 0 radical (unpaired) electrons. The normalized spacial score (nSPS) is 19.2. The van der Waals surface area contributed by atoms with E-state index in [0.29, 0.717) is 5.92 Å². The molecule has 1 saturated heterocycles. The fraction of sp³-hybridized carbons (Fsp3) is 0.529. The van der Waals surface area contributed by atoms with Crippen LogP contribution in [0.1, 0.15) is 12.0 Å². The van der Waals surface area contributed by atoms with Crippen LogP contribution < -0.4 is 0 Å². The molecule has 1 aromatic carbocycles. The van der Waals surface area contributed by atoms with E-state index in [-0.39, 0.29) is 0 Å². The van der Waals surface area contributed by atoms with Gasteiger partial charge >= 0.3 is 0 Å². The predicted octanol–water partition coefficient (Wildman–Crippen LogP) is 2.68. The maximum atomic E-state index is 5.46. The van der Waals surface area contributed by atoms with E-state index in [1.54, 1.807) is 7.11 Å². The van der Waals surface area contributed by atoms with E-state index < -0.39 is 0 Å². The SMILES string of the molecule is COCCN(C/C=C/c1ccccc1)CC1CCOC1. The van der Waals surface area contributed by atoms with Crippen LogP contribution in [0.3, 0.4) is 0 Å². The molecule has 0 spiro atoms. The van der Waals surface area contributed by atoms with E-state index in [0.717, 1.165) is 39.5 Å². The molecule has 1 aliphatic rings. The first-order chi connectivity index (χ1) is 9.88. The molecule has 110 valence electrons. The Balaban J connectivity index is 1.81. The smallest absolute Gasteiger partial charge is 0.0589 e. The average Bonchev–Trinajstić information content (AvgIpc) is 2.98. The van der Waals surface area contributed by atoms with Crippen molar-refractivity contribution >= 4 is 6.08 Å². The molecule has 3 heteroatoms. The molecule has 0 saturated carbocycles. The van der Waals surface area contributed by atoms with E-state index in [2.05, 4.69) is 41.3 Å². The molecule has 1 aromatic rings. The van der Waals surface area contributed by atoms with Crippen LogP contribution in [0.4, 0.5) is 0 Å². The quantitative estimate of drug-likeness (QED) is 0.728. The van der Waals surface area contributed by atoms with Crippen molar-refractivity contribution in [3.8, 4) is 0 Å². The van der Waals surface area contributed by atoms with Gasteiger partial charge in [0, 0.05) is 33.4 Å². The molecular formula is C17H25NO2. The lowest BCUT2D eigenvalue weighted by molar-refractivity contribution is 0.135. The molecule has 0 bridgehead atoms. The van der Waals surface area contributed by atoms with Crippen molar-refractivity contribution in [2.24, 2.45) is 5.92 Å². The lowest BCUT2D eigenvalue weighted by Crippen LogP contribution is -2.32. The predicted molar refractivity (Wildman–Crippen MR) is 82.7 cm³/mol. The third-order valence-corrected chi connectivity index (χ3v) is 3.63. The monoisotopic (exact) mass is 275 g/mol. The number of rotatable bonds is 8. The molecule has 1 atom stereocenters. The van der Waals surface area contributed by atoms with Crippen LogP contribution >= 0.6 is 0 Å². The lowest BCUT2D eigenvalue weighted by atomic mass is 10.1. The number of hydrogen-bond acceptors (Lipinski definition) is 3. The number of hydrogen-bond donors (Lipinski definition) is 0. The minimum Gasteiger partial charge on any atom is -0.383 e. The second-order valence-corrected chi connectivity index (χ2v) is 5.30. The summed E-state index contributed by atoms with van der Waals surface area (Å²) < 4.78 is 10.7. The first kappa shape index (κ1) is 15.2. The van der Waals surface area contributed by atoms with E-state index in [1.807, 2.05) is 6.07 Å². The maximum absolute atomic E-state index is 5.46. The topological polar surface area (TPSA) is 21.7 Å². The summed E-state index contributed by atoms with van der Waals surface area (Å²) in [4.78, 5) is 2.45. The first-order valence-corrected chi connectivity index (χ1v) is 7.39. The largest absolute Gasteiger partial charge is 0.383 e. The van der Waals surface area contributed by atoms with Gasteiger partial charge in [0.25, 0.3) is 0 Å². The van der Waals surface area contributed by atoms with Gasteiger partial charge < -0.3 is 9.47 Å². The molecule has 1 fully saturated rings. The van der Waals surface area contributed by atoms with E-state index >= 15 is 0 Å². The molecule has 1 unspecified atom stereocenters. The molecule has 2 rings (SSSR count). The van der Waals surface area contributed by atoms with Gasteiger partial charge in [0.05, 0.1) is 13.2 Å². The molecule has 0 N–H and O–H groups in total. The number of ether oxygens (including phenoxy) is 2. The summed E-state index contributed by atoms with van der Waals surface area (Å²) in [5.41, 5.74) is 1.25. The molecule has 1 aliphatic heterocycles. The molecular weight excluding hydrogens is 250 g/mol. The minimum absolute atomic E-state index is 0.678. The van der Waals surface area contributed by atoms with Crippen LogP contribution in [0.25, 0.3) is 6.08 Å². The highest BCUT2D eigenvalue weighted by molar-refractivity contribution is 5.48. The van der Waals surface area contributed by atoms with Gasteiger partial charge in [-0.25, -0.2) is 0 Å². The first-order valence-electron chi connectivity index (χ1n) is 7.39. The second-order valence-electron chi connectivity index (χ2n) is 5.30. The Morgan fingerprint density at radius 1 is 1.35 bits per heavy atom. The molecule has 3 nitrogen and oxygen atoms in total. The van der Waals surface area contributed by atoms with Gasteiger partial charge in [-0.05, 0) is 17.9 Å². The molecule has 1 heterocycles. The zero-order valence-electron chi connectivity index (χ0n) is 12.3. The van der Waals surface area contributed by atoms with Gasteiger partial charge in [-0.15, -0.1) is 0 Å². The standard InChI is InChI=1S/C17H25NO2/c1-19-13-11-18(14-17-9-12-20-15-17)10-5-8-16-6-3-2-4-7-16/h2-8,17H,9-15H2,1H3/b8-5+. The van der Waals surface area contributed by atoms with Gasteiger partial charge in [0.1, 0.15) is 0 Å². The highest BCUT2D eigenvalue weighted by Gasteiger charge is 2.18. The summed E-state index contributed by atoms with van der Waals surface area (Å²) in [6.45, 7) is 5.66. The number of benzene rings is 1. The van der Waals surface area contributed by atoms with Crippen molar-refractivity contribution in [2.75, 3.05) is 46.6 Å². The Morgan fingerprint density at radius 3 is 2.90 bits per heavy atom. The number of nitrogens with zero attached hydrogens (tertiary/aromatic N) is 1. The number of methoxy groups -OCH3 is 1. The van der Waals surface area contributed by atoms with Crippen LogP contribution in [-0.4, -0.2) is 51.5 Å². The van der Waals surface area contributed by atoms with Crippen molar-refractivity contribution in [1.82, 2.24) is 4.90 Å². The van der Waals surface area contributed by atoms with Crippen molar-refractivity contribution in [2.45, 2.75) is 6.42 Å². The highest BCUT2D eigenvalue weighted by atomic mass is 16.5. The van der Waals surface area contributed by atoms with Crippen molar-refractivity contribution in [1.29, 1.82) is 0 Å². The van der Waals surface area contributed by atoms with Gasteiger partial charge in [0.2, 0.25) is 0 Å². The molecule has 0 amide bonds. The Hall–Kier alpha value is -1.16. The third kappa shape index (κ3) is 5.45.